The highest BCUT2D eigenvalue weighted by Gasteiger charge is 2.26. The minimum absolute atomic E-state index is 0.0376. The number of hydrogen-bond acceptors (Lipinski definition) is 6. The van der Waals surface area contributed by atoms with Gasteiger partial charge in [-0.25, -0.2) is 14.8 Å². The lowest BCUT2D eigenvalue weighted by Gasteiger charge is -2.41. The third-order valence-corrected chi connectivity index (χ3v) is 4.78. The lowest BCUT2D eigenvalue weighted by Crippen LogP contribution is -2.52. The molecule has 26 heavy (non-hydrogen) atoms. The summed E-state index contributed by atoms with van der Waals surface area (Å²) in [7, 11) is 0. The van der Waals surface area contributed by atoms with E-state index in [4.69, 9.17) is 5.11 Å². The number of pyridine rings is 1. The van der Waals surface area contributed by atoms with Crippen LogP contribution < -0.4 is 9.80 Å². The SMILES string of the molecule is CC1CN(c2cccc3cnccc23)CCN1c1cnc(C(=O)O)cn1. The number of nitrogens with zero attached hydrogens (tertiary/aromatic N) is 5. The monoisotopic (exact) mass is 349 g/mol. The number of carboxylic acids is 1. The summed E-state index contributed by atoms with van der Waals surface area (Å²) < 4.78 is 0. The van der Waals surface area contributed by atoms with Crippen molar-refractivity contribution in [1.29, 1.82) is 0 Å². The molecule has 0 aliphatic carbocycles. The molecule has 0 spiro atoms. The van der Waals surface area contributed by atoms with Gasteiger partial charge in [0, 0.05) is 54.5 Å². The van der Waals surface area contributed by atoms with Crippen LogP contribution in [0.15, 0.2) is 49.1 Å². The average molecular weight is 349 g/mol. The van der Waals surface area contributed by atoms with E-state index in [1.165, 1.54) is 17.3 Å². The van der Waals surface area contributed by atoms with Crippen LogP contribution in [-0.4, -0.2) is 51.7 Å². The predicted octanol–water partition coefficient (Wildman–Crippen LogP) is 2.44. The largest absolute Gasteiger partial charge is 0.476 e. The molecule has 7 nitrogen and oxygen atoms in total. The standard InChI is InChI=1S/C19H19N5O2/c1-13-12-23(17-4-2-3-14-9-20-6-5-15(14)17)7-8-24(13)18-11-21-16(10-22-18)19(25)26/h2-6,9-11,13H,7-8,12H2,1H3,(H,25,26). The Morgan fingerprint density at radius 2 is 2.04 bits per heavy atom. The van der Waals surface area contributed by atoms with Crippen molar-refractivity contribution in [2.24, 2.45) is 0 Å². The van der Waals surface area contributed by atoms with Crippen molar-refractivity contribution in [2.75, 3.05) is 29.4 Å². The maximum Gasteiger partial charge on any atom is 0.356 e. The molecule has 1 aromatic carbocycles. The van der Waals surface area contributed by atoms with Gasteiger partial charge in [-0.05, 0) is 19.1 Å². The van der Waals surface area contributed by atoms with E-state index in [-0.39, 0.29) is 11.7 Å². The van der Waals surface area contributed by atoms with E-state index >= 15 is 0 Å². The quantitative estimate of drug-likeness (QED) is 0.777. The van der Waals surface area contributed by atoms with Gasteiger partial charge in [0.1, 0.15) is 5.82 Å². The molecule has 1 aliphatic rings. The molecule has 4 rings (SSSR count). The molecular formula is C19H19N5O2. The fourth-order valence-electron chi connectivity index (χ4n) is 3.48. The second-order valence-electron chi connectivity index (χ2n) is 6.43. The average Bonchev–Trinajstić information content (AvgIpc) is 2.67. The Bertz CT molecular complexity index is 939. The Labute approximate surface area is 150 Å². The van der Waals surface area contributed by atoms with Gasteiger partial charge in [-0.3, -0.25) is 4.98 Å². The van der Waals surface area contributed by atoms with Crippen LogP contribution in [0.1, 0.15) is 17.4 Å². The van der Waals surface area contributed by atoms with Crippen molar-refractivity contribution in [1.82, 2.24) is 15.0 Å². The van der Waals surface area contributed by atoms with Crippen LogP contribution in [-0.2, 0) is 0 Å². The first-order valence-electron chi connectivity index (χ1n) is 8.53. The molecule has 3 aromatic rings. The number of carbonyl (C=O) groups is 1. The number of aromatic nitrogens is 3. The number of fused-ring (bicyclic) bond motifs is 1. The minimum atomic E-state index is -1.06. The first-order valence-corrected chi connectivity index (χ1v) is 8.53. The fourth-order valence-corrected chi connectivity index (χ4v) is 3.48. The lowest BCUT2D eigenvalue weighted by molar-refractivity contribution is 0.0690. The summed E-state index contributed by atoms with van der Waals surface area (Å²) in [5, 5.41) is 11.3. The first-order chi connectivity index (χ1) is 12.6. The van der Waals surface area contributed by atoms with E-state index < -0.39 is 5.97 Å². The van der Waals surface area contributed by atoms with Gasteiger partial charge >= 0.3 is 5.97 Å². The fraction of sp³-hybridized carbons (Fsp3) is 0.263. The number of piperazine rings is 1. The Balaban J connectivity index is 1.55. The van der Waals surface area contributed by atoms with Crippen LogP contribution in [0.4, 0.5) is 11.5 Å². The number of benzene rings is 1. The normalized spacial score (nSPS) is 17.5. The first kappa shape index (κ1) is 16.3. The summed E-state index contributed by atoms with van der Waals surface area (Å²) in [6.07, 6.45) is 6.57. The zero-order valence-electron chi connectivity index (χ0n) is 14.4. The Hall–Kier alpha value is -3.22. The molecule has 0 bridgehead atoms. The highest BCUT2D eigenvalue weighted by molar-refractivity contribution is 5.93. The molecule has 1 saturated heterocycles. The van der Waals surface area contributed by atoms with Crippen LogP contribution in [0.25, 0.3) is 10.8 Å². The van der Waals surface area contributed by atoms with Crippen molar-refractivity contribution < 1.29 is 9.90 Å². The zero-order chi connectivity index (χ0) is 18.1. The van der Waals surface area contributed by atoms with Gasteiger partial charge in [-0.1, -0.05) is 12.1 Å². The summed E-state index contributed by atoms with van der Waals surface area (Å²) in [6.45, 7) is 4.65. The van der Waals surface area contributed by atoms with Crippen molar-refractivity contribution in [2.45, 2.75) is 13.0 Å². The molecule has 1 fully saturated rings. The highest BCUT2D eigenvalue weighted by Crippen LogP contribution is 2.29. The molecule has 0 saturated carbocycles. The molecule has 0 radical (unpaired) electrons. The Morgan fingerprint density at radius 3 is 2.77 bits per heavy atom. The van der Waals surface area contributed by atoms with E-state index in [2.05, 4.69) is 55.9 Å². The maximum absolute atomic E-state index is 10.9. The Morgan fingerprint density at radius 1 is 1.15 bits per heavy atom. The van der Waals surface area contributed by atoms with Gasteiger partial charge in [0.05, 0.1) is 12.4 Å². The van der Waals surface area contributed by atoms with E-state index in [1.807, 2.05) is 12.4 Å². The molecular weight excluding hydrogens is 330 g/mol. The third kappa shape index (κ3) is 2.92. The van der Waals surface area contributed by atoms with E-state index in [0.29, 0.717) is 5.82 Å². The van der Waals surface area contributed by atoms with Gasteiger partial charge < -0.3 is 14.9 Å². The number of anilines is 2. The minimum Gasteiger partial charge on any atom is -0.476 e. The van der Waals surface area contributed by atoms with E-state index in [1.54, 1.807) is 6.20 Å². The summed E-state index contributed by atoms with van der Waals surface area (Å²) in [4.78, 5) is 27.9. The smallest absolute Gasteiger partial charge is 0.356 e. The van der Waals surface area contributed by atoms with Gasteiger partial charge in [0.25, 0.3) is 0 Å². The van der Waals surface area contributed by atoms with Gasteiger partial charge in [-0.2, -0.15) is 0 Å². The molecule has 1 aliphatic heterocycles. The number of carboxylic acid groups (broad SMARTS) is 1. The molecule has 1 atom stereocenters. The van der Waals surface area contributed by atoms with Crippen LogP contribution in [0.5, 0.6) is 0 Å². The van der Waals surface area contributed by atoms with Gasteiger partial charge in [0.2, 0.25) is 0 Å². The molecule has 7 heteroatoms. The van der Waals surface area contributed by atoms with Gasteiger partial charge in [-0.15, -0.1) is 0 Å². The number of rotatable bonds is 3. The molecule has 132 valence electrons. The van der Waals surface area contributed by atoms with E-state index in [9.17, 15) is 4.79 Å². The zero-order valence-corrected chi connectivity index (χ0v) is 14.4. The summed E-state index contributed by atoms with van der Waals surface area (Å²) in [6, 6.07) is 8.56. The molecule has 3 heterocycles. The van der Waals surface area contributed by atoms with E-state index in [0.717, 1.165) is 25.0 Å². The number of hydrogen-bond donors (Lipinski definition) is 1. The molecule has 1 unspecified atom stereocenters. The van der Waals surface area contributed by atoms with Gasteiger partial charge in [0.15, 0.2) is 5.69 Å². The summed E-state index contributed by atoms with van der Waals surface area (Å²) in [5.41, 5.74) is 1.17. The molecule has 0 amide bonds. The highest BCUT2D eigenvalue weighted by atomic mass is 16.4. The second kappa shape index (κ2) is 6.59. The summed E-state index contributed by atoms with van der Waals surface area (Å²) in [5.74, 6) is -0.350. The van der Waals surface area contributed by atoms with Crippen LogP contribution in [0.2, 0.25) is 0 Å². The number of aromatic carboxylic acids is 1. The topological polar surface area (TPSA) is 82.5 Å². The second-order valence-corrected chi connectivity index (χ2v) is 6.43. The van der Waals surface area contributed by atoms with Crippen molar-refractivity contribution in [3.8, 4) is 0 Å². The molecule has 1 N–H and O–H groups in total. The maximum atomic E-state index is 10.9. The molecule has 2 aromatic heterocycles. The van der Waals surface area contributed by atoms with Crippen molar-refractivity contribution in [3.05, 3.63) is 54.7 Å². The van der Waals surface area contributed by atoms with Crippen molar-refractivity contribution in [3.63, 3.8) is 0 Å². The van der Waals surface area contributed by atoms with Crippen LogP contribution in [0, 0.1) is 0 Å². The third-order valence-electron chi connectivity index (χ3n) is 4.78. The summed E-state index contributed by atoms with van der Waals surface area (Å²) >= 11 is 0. The van der Waals surface area contributed by atoms with Crippen LogP contribution in [0.3, 0.4) is 0 Å². The van der Waals surface area contributed by atoms with Crippen LogP contribution >= 0.6 is 0 Å². The lowest BCUT2D eigenvalue weighted by atomic mass is 10.1. The van der Waals surface area contributed by atoms with Crippen molar-refractivity contribution >= 4 is 28.2 Å². The Kier molecular flexibility index (Phi) is 4.12. The predicted molar refractivity (Wildman–Crippen MR) is 99.8 cm³/mol.